The molecular weight excluding hydrogens is 321 g/mol. The van der Waals surface area contributed by atoms with Gasteiger partial charge >= 0.3 is 6.18 Å². The minimum atomic E-state index is -4.51. The zero-order valence-electron chi connectivity index (χ0n) is 13.0. The molecule has 0 aliphatic rings. The molecule has 2 aromatic rings. The summed E-state index contributed by atoms with van der Waals surface area (Å²) in [7, 11) is 3.23. The van der Waals surface area contributed by atoms with Crippen LogP contribution in [0.2, 0.25) is 0 Å². The lowest BCUT2D eigenvalue weighted by molar-refractivity contribution is -0.137. The number of alkyl halides is 3. The Morgan fingerprint density at radius 1 is 0.958 bits per heavy atom. The van der Waals surface area contributed by atoms with Gasteiger partial charge in [0.2, 0.25) is 0 Å². The molecular formula is C17H15F3N2O2. The third-order valence-electron chi connectivity index (χ3n) is 3.25. The van der Waals surface area contributed by atoms with Crippen LogP contribution < -0.4 is 5.32 Å². The molecule has 1 N–H and O–H groups in total. The minimum Gasteiger partial charge on any atom is -0.345 e. The third kappa shape index (κ3) is 4.13. The van der Waals surface area contributed by atoms with Crippen molar-refractivity contribution in [3.05, 3.63) is 65.2 Å². The fourth-order valence-electron chi connectivity index (χ4n) is 1.99. The van der Waals surface area contributed by atoms with Gasteiger partial charge < -0.3 is 10.2 Å². The zero-order chi connectivity index (χ0) is 17.9. The van der Waals surface area contributed by atoms with E-state index in [1.54, 1.807) is 14.1 Å². The van der Waals surface area contributed by atoms with Crippen LogP contribution in [0.4, 0.5) is 18.9 Å². The molecule has 7 heteroatoms. The second-order valence-electron chi connectivity index (χ2n) is 5.31. The zero-order valence-corrected chi connectivity index (χ0v) is 13.0. The van der Waals surface area contributed by atoms with E-state index in [9.17, 15) is 22.8 Å². The largest absolute Gasteiger partial charge is 0.416 e. The molecule has 0 spiro atoms. The lowest BCUT2D eigenvalue weighted by atomic mass is 10.1. The SMILES string of the molecule is CN(C)C(=O)c1ccc(NC(=O)c2cccc(C(F)(F)F)c2)cc1. The van der Waals surface area contributed by atoms with Gasteiger partial charge in [0.25, 0.3) is 11.8 Å². The van der Waals surface area contributed by atoms with E-state index in [4.69, 9.17) is 0 Å². The molecule has 0 fully saturated rings. The first-order valence-corrected chi connectivity index (χ1v) is 6.99. The summed E-state index contributed by atoms with van der Waals surface area (Å²) in [4.78, 5) is 25.2. The Morgan fingerprint density at radius 3 is 2.12 bits per heavy atom. The molecule has 0 aromatic heterocycles. The highest BCUT2D eigenvalue weighted by atomic mass is 19.4. The van der Waals surface area contributed by atoms with Crippen LogP contribution in [0.25, 0.3) is 0 Å². The molecule has 0 bridgehead atoms. The maximum absolute atomic E-state index is 12.7. The number of carbonyl (C=O) groups is 2. The molecule has 126 valence electrons. The summed E-state index contributed by atoms with van der Waals surface area (Å²) in [6.07, 6.45) is -4.51. The van der Waals surface area contributed by atoms with Crippen LogP contribution in [-0.4, -0.2) is 30.8 Å². The molecule has 4 nitrogen and oxygen atoms in total. The van der Waals surface area contributed by atoms with Crippen molar-refractivity contribution in [3.63, 3.8) is 0 Å². The fraction of sp³-hybridized carbons (Fsp3) is 0.176. The van der Waals surface area contributed by atoms with E-state index in [0.717, 1.165) is 12.1 Å². The Bertz CT molecular complexity index is 753. The van der Waals surface area contributed by atoms with Gasteiger partial charge in [-0.15, -0.1) is 0 Å². The van der Waals surface area contributed by atoms with Crippen molar-refractivity contribution in [3.8, 4) is 0 Å². The van der Waals surface area contributed by atoms with Gasteiger partial charge in [0.15, 0.2) is 0 Å². The van der Waals surface area contributed by atoms with Crippen LogP contribution in [0.1, 0.15) is 26.3 Å². The number of hydrogen-bond acceptors (Lipinski definition) is 2. The van der Waals surface area contributed by atoms with E-state index in [1.165, 1.54) is 41.3 Å². The predicted octanol–water partition coefficient (Wildman–Crippen LogP) is 3.66. The summed E-state index contributed by atoms with van der Waals surface area (Å²) >= 11 is 0. The molecule has 2 aromatic carbocycles. The highest BCUT2D eigenvalue weighted by Crippen LogP contribution is 2.29. The molecule has 0 aliphatic carbocycles. The second-order valence-corrected chi connectivity index (χ2v) is 5.31. The molecule has 24 heavy (non-hydrogen) atoms. The van der Waals surface area contributed by atoms with E-state index in [0.29, 0.717) is 11.3 Å². The number of anilines is 1. The monoisotopic (exact) mass is 336 g/mol. The second kappa shape index (κ2) is 6.74. The fourth-order valence-corrected chi connectivity index (χ4v) is 1.99. The predicted molar refractivity (Wildman–Crippen MR) is 83.9 cm³/mol. The van der Waals surface area contributed by atoms with E-state index < -0.39 is 17.6 Å². The van der Waals surface area contributed by atoms with Gasteiger partial charge in [-0.1, -0.05) is 6.07 Å². The Morgan fingerprint density at radius 2 is 1.58 bits per heavy atom. The Labute approximate surface area is 136 Å². The quantitative estimate of drug-likeness (QED) is 0.930. The number of carbonyl (C=O) groups excluding carboxylic acids is 2. The van der Waals surface area contributed by atoms with E-state index in [1.807, 2.05) is 0 Å². The molecule has 0 saturated carbocycles. The maximum Gasteiger partial charge on any atom is 0.416 e. The van der Waals surface area contributed by atoms with Crippen molar-refractivity contribution >= 4 is 17.5 Å². The van der Waals surface area contributed by atoms with Gasteiger partial charge in [0.1, 0.15) is 0 Å². The number of benzene rings is 2. The molecule has 2 amide bonds. The van der Waals surface area contributed by atoms with Crippen LogP contribution >= 0.6 is 0 Å². The van der Waals surface area contributed by atoms with Gasteiger partial charge in [0.05, 0.1) is 5.56 Å². The Kier molecular flexibility index (Phi) is 4.92. The van der Waals surface area contributed by atoms with Crippen LogP contribution in [0, 0.1) is 0 Å². The smallest absolute Gasteiger partial charge is 0.345 e. The van der Waals surface area contributed by atoms with Crippen LogP contribution in [-0.2, 0) is 6.18 Å². The highest BCUT2D eigenvalue weighted by Gasteiger charge is 2.30. The van der Waals surface area contributed by atoms with E-state index in [-0.39, 0.29) is 11.5 Å². The molecule has 0 aliphatic heterocycles. The molecule has 0 radical (unpaired) electrons. The van der Waals surface area contributed by atoms with Crippen molar-refractivity contribution < 1.29 is 22.8 Å². The first-order valence-electron chi connectivity index (χ1n) is 6.99. The third-order valence-corrected chi connectivity index (χ3v) is 3.25. The average Bonchev–Trinajstić information content (AvgIpc) is 2.54. The summed E-state index contributed by atoms with van der Waals surface area (Å²) in [5.74, 6) is -0.849. The Balaban J connectivity index is 2.14. The molecule has 0 heterocycles. The summed E-state index contributed by atoms with van der Waals surface area (Å²) in [6.45, 7) is 0. The molecule has 2 rings (SSSR count). The van der Waals surface area contributed by atoms with Gasteiger partial charge in [-0.05, 0) is 42.5 Å². The Hall–Kier alpha value is -2.83. The molecule has 0 unspecified atom stereocenters. The topological polar surface area (TPSA) is 49.4 Å². The summed E-state index contributed by atoms with van der Waals surface area (Å²) in [5.41, 5.74) is -0.162. The summed E-state index contributed by atoms with van der Waals surface area (Å²) in [5, 5.41) is 2.50. The van der Waals surface area contributed by atoms with E-state index >= 15 is 0 Å². The first kappa shape index (κ1) is 17.5. The highest BCUT2D eigenvalue weighted by molar-refractivity contribution is 6.04. The van der Waals surface area contributed by atoms with E-state index in [2.05, 4.69) is 5.32 Å². The maximum atomic E-state index is 12.7. The number of hydrogen-bond donors (Lipinski definition) is 1. The number of rotatable bonds is 3. The number of nitrogens with zero attached hydrogens (tertiary/aromatic N) is 1. The normalized spacial score (nSPS) is 11.0. The van der Waals surface area contributed by atoms with Gasteiger partial charge in [0, 0.05) is 30.9 Å². The van der Waals surface area contributed by atoms with Crippen molar-refractivity contribution in [1.29, 1.82) is 0 Å². The van der Waals surface area contributed by atoms with Crippen LogP contribution in [0.15, 0.2) is 48.5 Å². The number of nitrogens with one attached hydrogen (secondary N) is 1. The van der Waals surface area contributed by atoms with Crippen molar-refractivity contribution in [2.45, 2.75) is 6.18 Å². The number of halogens is 3. The molecule has 0 atom stereocenters. The lowest BCUT2D eigenvalue weighted by Crippen LogP contribution is -2.21. The average molecular weight is 336 g/mol. The van der Waals surface area contributed by atoms with Crippen molar-refractivity contribution in [2.24, 2.45) is 0 Å². The van der Waals surface area contributed by atoms with Crippen molar-refractivity contribution in [2.75, 3.05) is 19.4 Å². The standard InChI is InChI=1S/C17H15F3N2O2/c1-22(2)16(24)11-6-8-14(9-7-11)21-15(23)12-4-3-5-13(10-12)17(18,19)20/h3-10H,1-2H3,(H,21,23). The van der Waals surface area contributed by atoms with Gasteiger partial charge in [-0.25, -0.2) is 0 Å². The summed E-state index contributed by atoms with van der Waals surface area (Å²) in [6, 6.07) is 10.3. The van der Waals surface area contributed by atoms with Gasteiger partial charge in [-0.2, -0.15) is 13.2 Å². The molecule has 0 saturated heterocycles. The number of amides is 2. The van der Waals surface area contributed by atoms with Crippen LogP contribution in [0.3, 0.4) is 0 Å². The lowest BCUT2D eigenvalue weighted by Gasteiger charge is -2.11. The van der Waals surface area contributed by atoms with Crippen LogP contribution in [0.5, 0.6) is 0 Å². The van der Waals surface area contributed by atoms with Gasteiger partial charge in [-0.3, -0.25) is 9.59 Å². The van der Waals surface area contributed by atoms with Crippen molar-refractivity contribution in [1.82, 2.24) is 4.90 Å². The summed E-state index contributed by atoms with van der Waals surface area (Å²) < 4.78 is 38.0. The minimum absolute atomic E-state index is 0.0988. The first-order chi connectivity index (χ1) is 11.2.